The van der Waals surface area contributed by atoms with E-state index in [1.54, 1.807) is 26.8 Å². The third kappa shape index (κ3) is 6.09. The fraction of sp³-hybridized carbons (Fsp3) is 0.545. The van der Waals surface area contributed by atoms with Crippen molar-refractivity contribution in [3.63, 3.8) is 0 Å². The van der Waals surface area contributed by atoms with Gasteiger partial charge >= 0.3 is 11.9 Å². The maximum atomic E-state index is 13.1. The highest BCUT2D eigenvalue weighted by molar-refractivity contribution is 7.89. The molecule has 1 aromatic carbocycles. The number of hydrogen-bond acceptors (Lipinski definition) is 8. The quantitative estimate of drug-likeness (QED) is 0.552. The summed E-state index contributed by atoms with van der Waals surface area (Å²) < 4.78 is 37.1. The Bertz CT molecular complexity index is 1040. The van der Waals surface area contributed by atoms with Crippen molar-refractivity contribution in [1.82, 2.24) is 9.62 Å². The Morgan fingerprint density at radius 3 is 2.39 bits per heavy atom. The molecule has 33 heavy (non-hydrogen) atoms. The Hall–Kier alpha value is -2.97. The zero-order chi connectivity index (χ0) is 24.8. The lowest BCUT2D eigenvalue weighted by Crippen LogP contribution is -2.50. The number of rotatable bonds is 8. The topological polar surface area (TPSA) is 143 Å². The van der Waals surface area contributed by atoms with Crippen LogP contribution in [0.2, 0.25) is 0 Å². The van der Waals surface area contributed by atoms with Gasteiger partial charge in [0.2, 0.25) is 10.0 Å². The molecule has 1 heterocycles. The van der Waals surface area contributed by atoms with E-state index in [1.165, 1.54) is 29.6 Å². The lowest BCUT2D eigenvalue weighted by molar-refractivity contribution is -0.154. The number of esters is 2. The van der Waals surface area contributed by atoms with Gasteiger partial charge in [0, 0.05) is 13.1 Å². The molecule has 0 spiro atoms. The van der Waals surface area contributed by atoms with Gasteiger partial charge in [0.15, 0.2) is 6.61 Å². The third-order valence-electron chi connectivity index (χ3n) is 5.83. The molecule has 1 amide bonds. The maximum Gasteiger partial charge on any atom is 0.339 e. The molecule has 180 valence electrons. The molecule has 1 saturated heterocycles. The molecule has 1 aliphatic heterocycles. The van der Waals surface area contributed by atoms with Crippen LogP contribution in [0.25, 0.3) is 0 Å². The molecule has 0 saturated carbocycles. The molecule has 0 bridgehead atoms. The monoisotopic (exact) mass is 479 g/mol. The number of nitriles is 1. The highest BCUT2D eigenvalue weighted by Crippen LogP contribution is 2.27. The summed E-state index contributed by atoms with van der Waals surface area (Å²) >= 11 is 0. The van der Waals surface area contributed by atoms with Gasteiger partial charge in [-0.3, -0.25) is 9.59 Å². The first kappa shape index (κ1) is 26.3. The first-order valence-corrected chi connectivity index (χ1v) is 12.0. The highest BCUT2D eigenvalue weighted by atomic mass is 32.2. The van der Waals surface area contributed by atoms with Crippen LogP contribution in [0.4, 0.5) is 0 Å². The van der Waals surface area contributed by atoms with Gasteiger partial charge in [-0.25, -0.2) is 13.2 Å². The molecular weight excluding hydrogens is 450 g/mol. The number of hydrogen-bond donors (Lipinski definition) is 1. The maximum absolute atomic E-state index is 13.1. The van der Waals surface area contributed by atoms with Crippen molar-refractivity contribution in [2.75, 3.05) is 26.8 Å². The van der Waals surface area contributed by atoms with Crippen LogP contribution < -0.4 is 5.32 Å². The molecule has 0 radical (unpaired) electrons. The van der Waals surface area contributed by atoms with Crippen LogP contribution in [-0.2, 0) is 29.1 Å². The third-order valence-corrected chi connectivity index (χ3v) is 7.79. The zero-order valence-electron chi connectivity index (χ0n) is 19.2. The molecule has 11 heteroatoms. The molecule has 1 fully saturated rings. The standard InChI is InChI=1S/C22H29N3O7S/c1-15(2)22(3,14-23)24-19(26)13-32-20(27)16-9-11-25(12-10-16)33(29,30)18-8-6-5-7-17(18)21(28)31-4/h5-8,15-16H,9-13H2,1-4H3,(H,24,26). The number of piperidine rings is 1. The number of amides is 1. The fourth-order valence-electron chi connectivity index (χ4n) is 3.32. The number of methoxy groups -OCH3 is 1. The predicted octanol–water partition coefficient (Wildman–Crippen LogP) is 1.47. The van der Waals surface area contributed by atoms with Crippen LogP contribution in [0.1, 0.15) is 44.0 Å². The number of carbonyl (C=O) groups is 3. The van der Waals surface area contributed by atoms with E-state index in [2.05, 4.69) is 10.1 Å². The van der Waals surface area contributed by atoms with Gasteiger partial charge in [0.25, 0.3) is 5.91 Å². The van der Waals surface area contributed by atoms with Crippen LogP contribution in [0, 0.1) is 23.2 Å². The van der Waals surface area contributed by atoms with E-state index in [1.807, 2.05) is 6.07 Å². The normalized spacial score (nSPS) is 17.0. The summed E-state index contributed by atoms with van der Waals surface area (Å²) in [4.78, 5) is 36.3. The minimum absolute atomic E-state index is 0.0571. The molecule has 1 atom stereocenters. The van der Waals surface area contributed by atoms with Crippen LogP contribution in [0.3, 0.4) is 0 Å². The number of ether oxygens (including phenoxy) is 2. The molecule has 0 aromatic heterocycles. The van der Waals surface area contributed by atoms with Crippen molar-refractivity contribution in [3.8, 4) is 6.07 Å². The van der Waals surface area contributed by atoms with Crippen LogP contribution >= 0.6 is 0 Å². The Kier molecular flexibility index (Phi) is 8.57. The summed E-state index contributed by atoms with van der Waals surface area (Å²) in [5.41, 5.74) is -1.14. The first-order chi connectivity index (χ1) is 15.5. The Labute approximate surface area is 193 Å². The van der Waals surface area contributed by atoms with E-state index < -0.39 is 45.9 Å². The average Bonchev–Trinajstić information content (AvgIpc) is 2.81. The average molecular weight is 480 g/mol. The van der Waals surface area contributed by atoms with E-state index in [4.69, 9.17) is 4.74 Å². The summed E-state index contributed by atoms with van der Waals surface area (Å²) in [7, 11) is -2.80. The number of nitrogens with zero attached hydrogens (tertiary/aromatic N) is 2. The fourth-order valence-corrected chi connectivity index (χ4v) is 4.97. The molecule has 1 aliphatic rings. The van der Waals surface area contributed by atoms with Crippen molar-refractivity contribution in [2.45, 2.75) is 44.0 Å². The summed E-state index contributed by atoms with van der Waals surface area (Å²) in [6, 6.07) is 7.83. The van der Waals surface area contributed by atoms with Gasteiger partial charge in [-0.1, -0.05) is 26.0 Å². The smallest absolute Gasteiger partial charge is 0.339 e. The molecule has 1 unspecified atom stereocenters. The van der Waals surface area contributed by atoms with Gasteiger partial charge in [0.05, 0.1) is 29.6 Å². The van der Waals surface area contributed by atoms with Crippen molar-refractivity contribution >= 4 is 27.9 Å². The lowest BCUT2D eigenvalue weighted by atomic mass is 9.90. The number of benzene rings is 1. The summed E-state index contributed by atoms with van der Waals surface area (Å²) in [5, 5.41) is 11.8. The lowest BCUT2D eigenvalue weighted by Gasteiger charge is -2.30. The van der Waals surface area contributed by atoms with Gasteiger partial charge in [-0.15, -0.1) is 0 Å². The molecular formula is C22H29N3O7S. The molecule has 0 aliphatic carbocycles. The second kappa shape index (κ2) is 10.8. The molecule has 1 N–H and O–H groups in total. The van der Waals surface area contributed by atoms with E-state index in [-0.39, 0.29) is 42.3 Å². The van der Waals surface area contributed by atoms with Gasteiger partial charge in [0.1, 0.15) is 5.54 Å². The van der Waals surface area contributed by atoms with Crippen molar-refractivity contribution < 1.29 is 32.3 Å². The van der Waals surface area contributed by atoms with Crippen molar-refractivity contribution in [1.29, 1.82) is 5.26 Å². The number of sulfonamides is 1. The molecule has 2 rings (SSSR count). The van der Waals surface area contributed by atoms with Gasteiger partial charge in [-0.05, 0) is 37.8 Å². The predicted molar refractivity (Wildman–Crippen MR) is 117 cm³/mol. The largest absolute Gasteiger partial charge is 0.465 e. The Balaban J connectivity index is 1.96. The summed E-state index contributed by atoms with van der Waals surface area (Å²) in [5.74, 6) is -2.64. The molecule has 1 aromatic rings. The van der Waals surface area contributed by atoms with E-state index in [0.29, 0.717) is 0 Å². The first-order valence-electron chi connectivity index (χ1n) is 10.5. The summed E-state index contributed by atoms with van der Waals surface area (Å²) in [6.45, 7) is 4.77. The van der Waals surface area contributed by atoms with E-state index in [0.717, 1.165) is 0 Å². The van der Waals surface area contributed by atoms with Crippen LogP contribution in [0.15, 0.2) is 29.2 Å². The zero-order valence-corrected chi connectivity index (χ0v) is 20.0. The highest BCUT2D eigenvalue weighted by Gasteiger charge is 2.35. The second-order valence-corrected chi connectivity index (χ2v) is 10.2. The van der Waals surface area contributed by atoms with Crippen LogP contribution in [-0.4, -0.2) is 62.9 Å². The van der Waals surface area contributed by atoms with Crippen molar-refractivity contribution in [3.05, 3.63) is 29.8 Å². The SMILES string of the molecule is COC(=O)c1ccccc1S(=O)(=O)N1CCC(C(=O)OCC(=O)NC(C)(C#N)C(C)C)CC1. The Morgan fingerprint density at radius 1 is 1.24 bits per heavy atom. The molecule has 10 nitrogen and oxygen atoms in total. The minimum atomic E-state index is -3.97. The van der Waals surface area contributed by atoms with E-state index in [9.17, 15) is 28.1 Å². The number of carbonyl (C=O) groups excluding carboxylic acids is 3. The number of nitrogens with one attached hydrogen (secondary N) is 1. The van der Waals surface area contributed by atoms with Crippen molar-refractivity contribution in [2.24, 2.45) is 11.8 Å². The summed E-state index contributed by atoms with van der Waals surface area (Å²) in [6.07, 6.45) is 0.421. The minimum Gasteiger partial charge on any atom is -0.465 e. The van der Waals surface area contributed by atoms with Gasteiger partial charge in [-0.2, -0.15) is 9.57 Å². The second-order valence-electron chi connectivity index (χ2n) is 8.29. The Morgan fingerprint density at radius 2 is 1.85 bits per heavy atom. The van der Waals surface area contributed by atoms with Gasteiger partial charge < -0.3 is 14.8 Å². The van der Waals surface area contributed by atoms with E-state index >= 15 is 0 Å². The van der Waals surface area contributed by atoms with Crippen LogP contribution in [0.5, 0.6) is 0 Å².